The average molecular weight is 222 g/mol. The molecule has 2 rings (SSSR count). The van der Waals surface area contributed by atoms with Crippen LogP contribution in [-0.4, -0.2) is 14.8 Å². The molecule has 2 aromatic heterocycles. The van der Waals surface area contributed by atoms with Crippen molar-refractivity contribution in [2.45, 2.75) is 19.8 Å². The van der Waals surface area contributed by atoms with E-state index in [1.165, 1.54) is 11.3 Å². The normalized spacial score (nSPS) is 10.8. The molecule has 0 aliphatic carbocycles. The van der Waals surface area contributed by atoms with Crippen LogP contribution in [0, 0.1) is 0 Å². The summed E-state index contributed by atoms with van der Waals surface area (Å²) in [6, 6.07) is 0. The van der Waals surface area contributed by atoms with Gasteiger partial charge in [0, 0.05) is 25.0 Å². The number of nitrogens with two attached hydrogens (primary N) is 1. The van der Waals surface area contributed by atoms with Gasteiger partial charge in [-0.25, -0.2) is 4.98 Å². The monoisotopic (exact) mass is 222 g/mol. The molecule has 0 unspecified atom stereocenters. The third-order valence-electron chi connectivity index (χ3n) is 2.18. The molecular weight excluding hydrogens is 208 g/mol. The topological polar surface area (TPSA) is 56.7 Å². The van der Waals surface area contributed by atoms with Crippen molar-refractivity contribution in [3.8, 4) is 10.4 Å². The van der Waals surface area contributed by atoms with Crippen molar-refractivity contribution in [1.82, 2.24) is 14.8 Å². The SMILES string of the molecule is CCCc1nn(C)cc1-c1cnc(N)s1. The maximum absolute atomic E-state index is 5.63. The van der Waals surface area contributed by atoms with Gasteiger partial charge in [0.15, 0.2) is 5.13 Å². The molecule has 80 valence electrons. The van der Waals surface area contributed by atoms with Gasteiger partial charge in [0.25, 0.3) is 0 Å². The fourth-order valence-corrected chi connectivity index (χ4v) is 2.29. The fraction of sp³-hybridized carbons (Fsp3) is 0.400. The molecule has 0 aliphatic rings. The van der Waals surface area contributed by atoms with E-state index in [0.717, 1.165) is 29.0 Å². The summed E-state index contributed by atoms with van der Waals surface area (Å²) >= 11 is 1.51. The van der Waals surface area contributed by atoms with Gasteiger partial charge in [-0.2, -0.15) is 5.10 Å². The van der Waals surface area contributed by atoms with Gasteiger partial charge in [-0.3, -0.25) is 4.68 Å². The summed E-state index contributed by atoms with van der Waals surface area (Å²) in [5, 5.41) is 5.05. The van der Waals surface area contributed by atoms with Gasteiger partial charge >= 0.3 is 0 Å². The first-order valence-corrected chi connectivity index (χ1v) is 5.76. The quantitative estimate of drug-likeness (QED) is 0.865. The van der Waals surface area contributed by atoms with E-state index >= 15 is 0 Å². The molecule has 5 heteroatoms. The highest BCUT2D eigenvalue weighted by Gasteiger charge is 2.11. The van der Waals surface area contributed by atoms with Gasteiger partial charge in [-0.1, -0.05) is 24.7 Å². The molecule has 2 N–H and O–H groups in total. The number of hydrogen-bond acceptors (Lipinski definition) is 4. The van der Waals surface area contributed by atoms with E-state index < -0.39 is 0 Å². The Labute approximate surface area is 92.8 Å². The zero-order valence-electron chi connectivity index (χ0n) is 8.90. The highest BCUT2D eigenvalue weighted by Crippen LogP contribution is 2.29. The van der Waals surface area contributed by atoms with Crippen LogP contribution in [0.25, 0.3) is 10.4 Å². The van der Waals surface area contributed by atoms with Crippen LogP contribution in [0.2, 0.25) is 0 Å². The zero-order chi connectivity index (χ0) is 10.8. The standard InChI is InChI=1S/C10H14N4S/c1-3-4-8-7(6-14(2)13-8)9-5-12-10(11)15-9/h5-6H,3-4H2,1-2H3,(H2,11,12). The molecule has 0 saturated heterocycles. The third kappa shape index (κ3) is 2.02. The van der Waals surface area contributed by atoms with Crippen molar-refractivity contribution >= 4 is 16.5 Å². The number of rotatable bonds is 3. The second-order valence-electron chi connectivity index (χ2n) is 3.48. The van der Waals surface area contributed by atoms with Crippen LogP contribution in [-0.2, 0) is 13.5 Å². The van der Waals surface area contributed by atoms with E-state index in [1.54, 1.807) is 0 Å². The summed E-state index contributed by atoms with van der Waals surface area (Å²) < 4.78 is 1.84. The van der Waals surface area contributed by atoms with Crippen LogP contribution in [0.3, 0.4) is 0 Å². The Hall–Kier alpha value is -1.36. The third-order valence-corrected chi connectivity index (χ3v) is 3.04. The summed E-state index contributed by atoms with van der Waals surface area (Å²) in [7, 11) is 1.94. The summed E-state index contributed by atoms with van der Waals surface area (Å²) in [6.45, 7) is 2.15. The van der Waals surface area contributed by atoms with Crippen LogP contribution in [0.5, 0.6) is 0 Å². The highest BCUT2D eigenvalue weighted by molar-refractivity contribution is 7.18. The summed E-state index contributed by atoms with van der Waals surface area (Å²) in [5.41, 5.74) is 7.92. The predicted molar refractivity (Wildman–Crippen MR) is 62.7 cm³/mol. The largest absolute Gasteiger partial charge is 0.375 e. The number of hydrogen-bond donors (Lipinski definition) is 1. The maximum Gasteiger partial charge on any atom is 0.180 e. The second kappa shape index (κ2) is 4.02. The van der Waals surface area contributed by atoms with E-state index in [4.69, 9.17) is 5.73 Å². The molecule has 0 amide bonds. The zero-order valence-corrected chi connectivity index (χ0v) is 9.71. The molecule has 0 atom stereocenters. The first kappa shape index (κ1) is 10.2. The van der Waals surface area contributed by atoms with Crippen LogP contribution >= 0.6 is 11.3 Å². The van der Waals surface area contributed by atoms with Crippen LogP contribution in [0.1, 0.15) is 19.0 Å². The second-order valence-corrected chi connectivity index (χ2v) is 4.54. The van der Waals surface area contributed by atoms with Crippen molar-refractivity contribution in [2.24, 2.45) is 7.05 Å². The van der Waals surface area contributed by atoms with Crippen molar-refractivity contribution in [1.29, 1.82) is 0 Å². The molecule has 0 aliphatic heterocycles. The first-order chi connectivity index (χ1) is 7.20. The molecule has 2 aromatic rings. The van der Waals surface area contributed by atoms with E-state index in [1.807, 2.05) is 24.1 Å². The molecule has 4 nitrogen and oxygen atoms in total. The van der Waals surface area contributed by atoms with Gasteiger partial charge in [0.2, 0.25) is 0 Å². The van der Waals surface area contributed by atoms with Crippen LogP contribution in [0.4, 0.5) is 5.13 Å². The molecular formula is C10H14N4S. The molecule has 0 radical (unpaired) electrons. The Morgan fingerprint density at radius 2 is 2.33 bits per heavy atom. The Kier molecular flexibility index (Phi) is 2.73. The Morgan fingerprint density at radius 3 is 2.93 bits per heavy atom. The molecule has 0 aromatic carbocycles. The molecule has 0 fully saturated rings. The lowest BCUT2D eigenvalue weighted by atomic mass is 10.1. The Balaban J connectivity index is 2.42. The summed E-state index contributed by atoms with van der Waals surface area (Å²) in [4.78, 5) is 5.16. The Bertz CT molecular complexity index is 458. The minimum atomic E-state index is 0.608. The molecule has 15 heavy (non-hydrogen) atoms. The van der Waals surface area contributed by atoms with Gasteiger partial charge in [-0.15, -0.1) is 0 Å². The van der Waals surface area contributed by atoms with Crippen LogP contribution in [0.15, 0.2) is 12.4 Å². The van der Waals surface area contributed by atoms with Crippen molar-refractivity contribution in [3.63, 3.8) is 0 Å². The molecule has 0 spiro atoms. The van der Waals surface area contributed by atoms with E-state index in [0.29, 0.717) is 5.13 Å². The molecule has 2 heterocycles. The average Bonchev–Trinajstić information content (AvgIpc) is 2.73. The van der Waals surface area contributed by atoms with Crippen molar-refractivity contribution in [2.75, 3.05) is 5.73 Å². The lowest BCUT2D eigenvalue weighted by Crippen LogP contribution is -1.90. The molecule has 0 bridgehead atoms. The molecule has 0 saturated carbocycles. The minimum absolute atomic E-state index is 0.608. The van der Waals surface area contributed by atoms with Gasteiger partial charge < -0.3 is 5.73 Å². The summed E-state index contributed by atoms with van der Waals surface area (Å²) in [6.07, 6.45) is 5.93. The van der Waals surface area contributed by atoms with Gasteiger partial charge in [0.1, 0.15) is 0 Å². The lowest BCUT2D eigenvalue weighted by molar-refractivity contribution is 0.733. The van der Waals surface area contributed by atoms with E-state index in [2.05, 4.69) is 17.0 Å². The predicted octanol–water partition coefficient (Wildman–Crippen LogP) is 2.08. The maximum atomic E-state index is 5.63. The Morgan fingerprint density at radius 1 is 1.53 bits per heavy atom. The van der Waals surface area contributed by atoms with Crippen molar-refractivity contribution < 1.29 is 0 Å². The van der Waals surface area contributed by atoms with Gasteiger partial charge in [0.05, 0.1) is 10.6 Å². The number of aryl methyl sites for hydroxylation is 2. The van der Waals surface area contributed by atoms with Crippen LogP contribution < -0.4 is 5.73 Å². The fourth-order valence-electron chi connectivity index (χ4n) is 1.57. The number of thiazole rings is 1. The van der Waals surface area contributed by atoms with Gasteiger partial charge in [-0.05, 0) is 6.42 Å². The number of nitrogen functional groups attached to an aromatic ring is 1. The number of aromatic nitrogens is 3. The summed E-state index contributed by atoms with van der Waals surface area (Å²) in [5.74, 6) is 0. The minimum Gasteiger partial charge on any atom is -0.375 e. The number of anilines is 1. The van der Waals surface area contributed by atoms with Crippen molar-refractivity contribution in [3.05, 3.63) is 18.1 Å². The first-order valence-electron chi connectivity index (χ1n) is 4.95. The van der Waals surface area contributed by atoms with E-state index in [9.17, 15) is 0 Å². The highest BCUT2D eigenvalue weighted by atomic mass is 32.1. The lowest BCUT2D eigenvalue weighted by Gasteiger charge is -1.95. The van der Waals surface area contributed by atoms with E-state index in [-0.39, 0.29) is 0 Å². The number of nitrogens with zero attached hydrogens (tertiary/aromatic N) is 3. The smallest absolute Gasteiger partial charge is 0.180 e.